The molecule has 22 heavy (non-hydrogen) atoms. The van der Waals surface area contributed by atoms with Crippen LogP contribution in [0.1, 0.15) is 10.4 Å². The fourth-order valence-electron chi connectivity index (χ4n) is 2.55. The van der Waals surface area contributed by atoms with Crippen LogP contribution in [0.2, 0.25) is 0 Å². The van der Waals surface area contributed by atoms with Gasteiger partial charge in [0, 0.05) is 48.1 Å². The van der Waals surface area contributed by atoms with Gasteiger partial charge in [-0.3, -0.25) is 4.79 Å². The van der Waals surface area contributed by atoms with Crippen LogP contribution in [0, 0.1) is 0 Å². The molecule has 1 aromatic carbocycles. The zero-order chi connectivity index (χ0) is 15.5. The van der Waals surface area contributed by atoms with E-state index in [1.54, 1.807) is 24.4 Å². The van der Waals surface area contributed by atoms with Gasteiger partial charge in [-0.15, -0.1) is 0 Å². The van der Waals surface area contributed by atoms with Gasteiger partial charge in [-0.1, -0.05) is 6.07 Å². The van der Waals surface area contributed by atoms with Crippen LogP contribution in [-0.4, -0.2) is 42.0 Å². The highest BCUT2D eigenvalue weighted by Gasteiger charge is 2.22. The maximum absolute atomic E-state index is 12.5. The molecular weight excluding hydrogens is 344 g/mol. The fourth-order valence-corrected chi connectivity index (χ4v) is 2.78. The summed E-state index contributed by atoms with van der Waals surface area (Å²) in [5.74, 6) is 0.981. The van der Waals surface area contributed by atoms with Crippen LogP contribution >= 0.6 is 15.9 Å². The van der Waals surface area contributed by atoms with Crippen molar-refractivity contribution < 1.29 is 4.79 Å². The number of nitrogen functional groups attached to an aromatic ring is 1. The molecule has 1 amide bonds. The lowest BCUT2D eigenvalue weighted by Gasteiger charge is -2.35. The molecule has 2 heterocycles. The quantitative estimate of drug-likeness (QED) is 0.835. The van der Waals surface area contributed by atoms with Gasteiger partial charge >= 0.3 is 0 Å². The number of piperazine rings is 1. The number of rotatable bonds is 2. The normalized spacial score (nSPS) is 15.0. The van der Waals surface area contributed by atoms with Crippen molar-refractivity contribution in [1.29, 1.82) is 0 Å². The monoisotopic (exact) mass is 360 g/mol. The Kier molecular flexibility index (Phi) is 4.29. The first-order chi connectivity index (χ1) is 10.6. The molecule has 1 saturated heterocycles. The molecule has 2 N–H and O–H groups in total. The molecule has 0 unspecified atom stereocenters. The Labute approximate surface area is 137 Å². The Morgan fingerprint density at radius 3 is 2.55 bits per heavy atom. The molecule has 0 spiro atoms. The molecule has 0 aliphatic carbocycles. The molecule has 3 rings (SSSR count). The van der Waals surface area contributed by atoms with Crippen molar-refractivity contribution in [2.45, 2.75) is 0 Å². The number of hydrogen-bond acceptors (Lipinski definition) is 4. The first kappa shape index (κ1) is 14.8. The minimum atomic E-state index is 0.0377. The molecule has 6 heteroatoms. The lowest BCUT2D eigenvalue weighted by atomic mass is 10.1. The van der Waals surface area contributed by atoms with E-state index < -0.39 is 0 Å². The summed E-state index contributed by atoms with van der Waals surface area (Å²) in [6.45, 7) is 2.93. The predicted molar refractivity (Wildman–Crippen MR) is 90.9 cm³/mol. The number of aromatic nitrogens is 1. The summed E-state index contributed by atoms with van der Waals surface area (Å²) in [6.07, 6.45) is 1.79. The number of hydrogen-bond donors (Lipinski definition) is 1. The lowest BCUT2D eigenvalue weighted by Crippen LogP contribution is -2.49. The van der Waals surface area contributed by atoms with Gasteiger partial charge in [0.2, 0.25) is 0 Å². The zero-order valence-electron chi connectivity index (χ0n) is 12.1. The summed E-state index contributed by atoms with van der Waals surface area (Å²) in [5.41, 5.74) is 7.01. The molecular formula is C16H17BrN4O. The van der Waals surface area contributed by atoms with Crippen LogP contribution in [0.5, 0.6) is 0 Å². The second kappa shape index (κ2) is 6.36. The maximum Gasteiger partial charge on any atom is 0.254 e. The van der Waals surface area contributed by atoms with Gasteiger partial charge in [-0.2, -0.15) is 0 Å². The number of carbonyl (C=O) groups excluding carboxylic acids is 1. The first-order valence-electron chi connectivity index (χ1n) is 7.15. The first-order valence-corrected chi connectivity index (χ1v) is 7.94. The van der Waals surface area contributed by atoms with E-state index in [1.807, 2.05) is 23.1 Å². The molecule has 114 valence electrons. The average molecular weight is 361 g/mol. The van der Waals surface area contributed by atoms with Gasteiger partial charge in [0.25, 0.3) is 5.91 Å². The van der Waals surface area contributed by atoms with Crippen LogP contribution in [0.3, 0.4) is 0 Å². The summed E-state index contributed by atoms with van der Waals surface area (Å²) in [6, 6.07) is 11.1. The second-order valence-corrected chi connectivity index (χ2v) is 6.16. The molecule has 5 nitrogen and oxygen atoms in total. The van der Waals surface area contributed by atoms with E-state index in [1.165, 1.54) is 0 Å². The van der Waals surface area contributed by atoms with Crippen molar-refractivity contribution >= 4 is 33.3 Å². The largest absolute Gasteiger partial charge is 0.399 e. The molecule has 1 aliphatic rings. The topological polar surface area (TPSA) is 62.5 Å². The third kappa shape index (κ3) is 3.22. The minimum Gasteiger partial charge on any atom is -0.399 e. The van der Waals surface area contributed by atoms with Crippen molar-refractivity contribution in [2.24, 2.45) is 0 Å². The predicted octanol–water partition coefficient (Wildman–Crippen LogP) is 2.39. The average Bonchev–Trinajstić information content (AvgIpc) is 2.55. The van der Waals surface area contributed by atoms with E-state index in [2.05, 4.69) is 25.8 Å². The number of anilines is 2. The van der Waals surface area contributed by atoms with Crippen molar-refractivity contribution in [3.8, 4) is 0 Å². The van der Waals surface area contributed by atoms with Gasteiger partial charge in [0.15, 0.2) is 0 Å². The Hall–Kier alpha value is -2.08. The Balaban J connectivity index is 1.64. The zero-order valence-corrected chi connectivity index (χ0v) is 13.7. The molecule has 0 radical (unpaired) electrons. The van der Waals surface area contributed by atoms with E-state index >= 15 is 0 Å². The Bertz CT molecular complexity index is 666. The van der Waals surface area contributed by atoms with Gasteiger partial charge < -0.3 is 15.5 Å². The summed E-state index contributed by atoms with van der Waals surface area (Å²) in [4.78, 5) is 20.9. The summed E-state index contributed by atoms with van der Waals surface area (Å²) in [5, 5.41) is 0. The van der Waals surface area contributed by atoms with E-state index in [0.29, 0.717) is 24.3 Å². The van der Waals surface area contributed by atoms with Gasteiger partial charge in [0.05, 0.1) is 0 Å². The van der Waals surface area contributed by atoms with Gasteiger partial charge in [0.1, 0.15) is 5.82 Å². The third-order valence-electron chi connectivity index (χ3n) is 3.74. The molecule has 1 fully saturated rings. The van der Waals surface area contributed by atoms with Crippen molar-refractivity contribution in [1.82, 2.24) is 9.88 Å². The standard InChI is InChI=1S/C16H17BrN4O/c17-13-4-5-15(19-11-13)20-6-8-21(9-7-20)16(22)12-2-1-3-14(18)10-12/h1-5,10-11H,6-9,18H2. The van der Waals surface area contributed by atoms with Gasteiger partial charge in [-0.25, -0.2) is 4.98 Å². The highest BCUT2D eigenvalue weighted by Crippen LogP contribution is 2.18. The van der Waals surface area contributed by atoms with Crippen LogP contribution < -0.4 is 10.6 Å². The van der Waals surface area contributed by atoms with Crippen LogP contribution in [0.25, 0.3) is 0 Å². The second-order valence-electron chi connectivity index (χ2n) is 5.24. The fraction of sp³-hybridized carbons (Fsp3) is 0.250. The van der Waals surface area contributed by atoms with Gasteiger partial charge in [-0.05, 0) is 46.3 Å². The van der Waals surface area contributed by atoms with E-state index in [-0.39, 0.29) is 5.91 Å². The minimum absolute atomic E-state index is 0.0377. The number of carbonyl (C=O) groups is 1. The molecule has 0 atom stereocenters. The summed E-state index contributed by atoms with van der Waals surface area (Å²) >= 11 is 3.39. The summed E-state index contributed by atoms with van der Waals surface area (Å²) < 4.78 is 0.965. The molecule has 0 saturated carbocycles. The highest BCUT2D eigenvalue weighted by atomic mass is 79.9. The van der Waals surface area contributed by atoms with E-state index in [0.717, 1.165) is 23.4 Å². The SMILES string of the molecule is Nc1cccc(C(=O)N2CCN(c3ccc(Br)cn3)CC2)c1. The molecule has 0 bridgehead atoms. The highest BCUT2D eigenvalue weighted by molar-refractivity contribution is 9.10. The number of halogens is 1. The number of nitrogens with two attached hydrogens (primary N) is 1. The Morgan fingerprint density at radius 1 is 1.14 bits per heavy atom. The smallest absolute Gasteiger partial charge is 0.254 e. The van der Waals surface area contributed by atoms with Crippen molar-refractivity contribution in [2.75, 3.05) is 36.8 Å². The Morgan fingerprint density at radius 2 is 1.91 bits per heavy atom. The third-order valence-corrected chi connectivity index (χ3v) is 4.21. The van der Waals surface area contributed by atoms with E-state index in [9.17, 15) is 4.79 Å². The molecule has 1 aliphatic heterocycles. The maximum atomic E-state index is 12.5. The van der Waals surface area contributed by atoms with Crippen LogP contribution in [0.4, 0.5) is 11.5 Å². The van der Waals surface area contributed by atoms with E-state index in [4.69, 9.17) is 5.73 Å². The van der Waals surface area contributed by atoms with Crippen molar-refractivity contribution in [3.05, 3.63) is 52.6 Å². The number of amides is 1. The molecule has 1 aromatic heterocycles. The van der Waals surface area contributed by atoms with Crippen molar-refractivity contribution in [3.63, 3.8) is 0 Å². The number of pyridine rings is 1. The van der Waals surface area contributed by atoms with Crippen LogP contribution in [-0.2, 0) is 0 Å². The van der Waals surface area contributed by atoms with Crippen LogP contribution in [0.15, 0.2) is 47.1 Å². The number of benzene rings is 1. The summed E-state index contributed by atoms with van der Waals surface area (Å²) in [7, 11) is 0. The molecule has 2 aromatic rings. The lowest BCUT2D eigenvalue weighted by molar-refractivity contribution is 0.0746. The number of nitrogens with zero attached hydrogens (tertiary/aromatic N) is 3.